The third kappa shape index (κ3) is 2.39. The van der Waals surface area contributed by atoms with Gasteiger partial charge in [-0.1, -0.05) is 31.9 Å². The third-order valence-corrected chi connectivity index (χ3v) is 8.17. The maximum atomic E-state index is 11.3. The van der Waals surface area contributed by atoms with Gasteiger partial charge in [0.05, 0.1) is 0 Å². The molecule has 0 unspecified atom stereocenters. The van der Waals surface area contributed by atoms with Gasteiger partial charge in [0.15, 0.2) is 0 Å². The molecule has 0 spiro atoms. The van der Waals surface area contributed by atoms with Crippen LogP contribution in [0.25, 0.3) is 0 Å². The van der Waals surface area contributed by atoms with Gasteiger partial charge in [0.25, 0.3) is 0 Å². The van der Waals surface area contributed by atoms with Crippen molar-refractivity contribution in [2.24, 2.45) is 28.6 Å². The van der Waals surface area contributed by atoms with E-state index in [2.05, 4.69) is 19.9 Å². The summed E-state index contributed by atoms with van der Waals surface area (Å²) in [6.07, 6.45) is 14.5. The summed E-state index contributed by atoms with van der Waals surface area (Å²) in [5.41, 5.74) is 2.62. The highest BCUT2D eigenvalue weighted by atomic mass is 16.5. The van der Waals surface area contributed by atoms with Crippen LogP contribution in [0, 0.1) is 28.6 Å². The summed E-state index contributed by atoms with van der Waals surface area (Å²) < 4.78 is 5.53. The molecule has 0 bridgehead atoms. The predicted octanol–water partition coefficient (Wildman–Crippen LogP) is 5.27. The Labute approximate surface area is 141 Å². The van der Waals surface area contributed by atoms with Gasteiger partial charge in [-0.25, -0.2) is 0 Å². The average molecular weight is 316 g/mol. The number of rotatable bonds is 1. The number of esters is 1. The molecule has 0 aliphatic heterocycles. The van der Waals surface area contributed by atoms with E-state index in [9.17, 15) is 4.79 Å². The highest BCUT2D eigenvalue weighted by Gasteiger charge is 2.55. The molecule has 4 aliphatic carbocycles. The Morgan fingerprint density at radius 2 is 1.96 bits per heavy atom. The first-order valence-electron chi connectivity index (χ1n) is 9.79. The van der Waals surface area contributed by atoms with Crippen molar-refractivity contribution in [1.29, 1.82) is 0 Å². The maximum absolute atomic E-state index is 11.3. The summed E-state index contributed by atoms with van der Waals surface area (Å²) in [5.74, 6) is 2.63. The van der Waals surface area contributed by atoms with Gasteiger partial charge in [-0.05, 0) is 73.5 Å². The van der Waals surface area contributed by atoms with Crippen LogP contribution in [-0.4, -0.2) is 12.1 Å². The zero-order chi connectivity index (χ0) is 16.2. The van der Waals surface area contributed by atoms with Crippen molar-refractivity contribution in [2.45, 2.75) is 84.7 Å². The Bertz CT molecular complexity index is 536. The van der Waals surface area contributed by atoms with Gasteiger partial charge in [0.2, 0.25) is 0 Å². The number of carbonyl (C=O) groups is 1. The molecule has 4 rings (SSSR count). The van der Waals surface area contributed by atoms with Gasteiger partial charge in [0.1, 0.15) is 6.10 Å². The van der Waals surface area contributed by atoms with E-state index in [1.54, 1.807) is 12.5 Å². The Morgan fingerprint density at radius 3 is 2.74 bits per heavy atom. The van der Waals surface area contributed by atoms with Crippen molar-refractivity contribution in [2.75, 3.05) is 0 Å². The molecule has 0 saturated heterocycles. The topological polar surface area (TPSA) is 26.3 Å². The Kier molecular flexibility index (Phi) is 3.66. The molecule has 0 radical (unpaired) electrons. The lowest BCUT2D eigenvalue weighted by atomic mass is 9.48. The number of hydrogen-bond acceptors (Lipinski definition) is 2. The fraction of sp³-hybridized carbons (Fsp3) is 0.857. The van der Waals surface area contributed by atoms with Gasteiger partial charge in [-0.3, -0.25) is 4.79 Å². The fourth-order valence-corrected chi connectivity index (χ4v) is 6.96. The maximum Gasteiger partial charge on any atom is 0.302 e. The number of ether oxygens (including phenoxy) is 1. The van der Waals surface area contributed by atoms with Crippen molar-refractivity contribution in [3.63, 3.8) is 0 Å². The molecular formula is C21H32O2. The van der Waals surface area contributed by atoms with E-state index in [1.165, 1.54) is 44.9 Å². The average Bonchev–Trinajstić information content (AvgIpc) is 2.89. The molecule has 23 heavy (non-hydrogen) atoms. The molecule has 2 heteroatoms. The van der Waals surface area contributed by atoms with Crippen LogP contribution < -0.4 is 0 Å². The van der Waals surface area contributed by atoms with E-state index < -0.39 is 0 Å². The normalized spacial score (nSPS) is 48.7. The lowest BCUT2D eigenvalue weighted by Gasteiger charge is -2.57. The zero-order valence-electron chi connectivity index (χ0n) is 15.1. The van der Waals surface area contributed by atoms with E-state index in [0.717, 1.165) is 30.6 Å². The molecule has 4 aliphatic rings. The Hall–Kier alpha value is -0.790. The molecule has 0 aromatic carbocycles. The van der Waals surface area contributed by atoms with Crippen LogP contribution in [0.4, 0.5) is 0 Å². The number of hydrogen-bond donors (Lipinski definition) is 0. The summed E-state index contributed by atoms with van der Waals surface area (Å²) in [4.78, 5) is 11.3. The van der Waals surface area contributed by atoms with Crippen molar-refractivity contribution in [3.05, 3.63) is 11.6 Å². The SMILES string of the molecule is CC(=O)O[C@H]1CC[C@@]2(C)C(=CC[C@@H]3[C@@H]4CCC[C@@]4(C)CC[C@@H]32)C1. The summed E-state index contributed by atoms with van der Waals surface area (Å²) in [6.45, 7) is 6.64. The van der Waals surface area contributed by atoms with Crippen molar-refractivity contribution >= 4 is 5.97 Å². The van der Waals surface area contributed by atoms with Crippen molar-refractivity contribution in [3.8, 4) is 0 Å². The molecule has 3 saturated carbocycles. The summed E-state index contributed by atoms with van der Waals surface area (Å²) >= 11 is 0. The first-order chi connectivity index (χ1) is 10.9. The number of allylic oxidation sites excluding steroid dienone is 1. The molecule has 0 aromatic heterocycles. The molecular weight excluding hydrogens is 284 g/mol. The zero-order valence-corrected chi connectivity index (χ0v) is 15.1. The van der Waals surface area contributed by atoms with E-state index >= 15 is 0 Å². The summed E-state index contributed by atoms with van der Waals surface area (Å²) in [5, 5.41) is 0. The molecule has 0 heterocycles. The molecule has 6 atom stereocenters. The molecule has 3 fully saturated rings. The Morgan fingerprint density at radius 1 is 1.13 bits per heavy atom. The highest BCUT2D eigenvalue weighted by molar-refractivity contribution is 5.66. The minimum Gasteiger partial charge on any atom is -0.462 e. The lowest BCUT2D eigenvalue weighted by Crippen LogP contribution is -2.49. The monoisotopic (exact) mass is 316 g/mol. The third-order valence-electron chi connectivity index (χ3n) is 8.17. The quantitative estimate of drug-likeness (QED) is 0.486. The van der Waals surface area contributed by atoms with Crippen LogP contribution in [0.15, 0.2) is 11.6 Å². The first kappa shape index (κ1) is 15.7. The van der Waals surface area contributed by atoms with Crippen LogP contribution >= 0.6 is 0 Å². The summed E-state index contributed by atoms with van der Waals surface area (Å²) in [7, 11) is 0. The van der Waals surface area contributed by atoms with Crippen LogP contribution in [0.2, 0.25) is 0 Å². The molecule has 2 nitrogen and oxygen atoms in total. The van der Waals surface area contributed by atoms with Crippen LogP contribution in [0.1, 0.15) is 78.6 Å². The minimum absolute atomic E-state index is 0.118. The van der Waals surface area contributed by atoms with Crippen LogP contribution in [0.5, 0.6) is 0 Å². The first-order valence-corrected chi connectivity index (χ1v) is 9.79. The van der Waals surface area contributed by atoms with Crippen LogP contribution in [-0.2, 0) is 9.53 Å². The minimum atomic E-state index is -0.118. The second-order valence-electron chi connectivity index (χ2n) is 9.32. The van der Waals surface area contributed by atoms with Crippen molar-refractivity contribution < 1.29 is 9.53 Å². The molecule has 0 aromatic rings. The second-order valence-corrected chi connectivity index (χ2v) is 9.32. The van der Waals surface area contributed by atoms with Gasteiger partial charge in [-0.15, -0.1) is 0 Å². The lowest BCUT2D eigenvalue weighted by molar-refractivity contribution is -0.148. The molecule has 0 amide bonds. The van der Waals surface area contributed by atoms with E-state index in [-0.39, 0.29) is 12.1 Å². The standard InChI is InChI=1S/C21H32O2/c1-14(22)23-16-8-12-21(3)15(13-16)6-7-17-18-5-4-10-20(18,2)11-9-19(17)21/h6,16-19H,4-5,7-13H2,1-3H3/t16-,17+,18-,19-,20-,21-/m0/s1. The van der Waals surface area contributed by atoms with E-state index in [0.29, 0.717) is 10.8 Å². The van der Waals surface area contributed by atoms with Gasteiger partial charge in [0, 0.05) is 13.3 Å². The van der Waals surface area contributed by atoms with E-state index in [4.69, 9.17) is 4.74 Å². The smallest absolute Gasteiger partial charge is 0.302 e. The predicted molar refractivity (Wildman–Crippen MR) is 91.9 cm³/mol. The fourth-order valence-electron chi connectivity index (χ4n) is 6.96. The second kappa shape index (κ2) is 5.36. The Balaban J connectivity index is 1.58. The van der Waals surface area contributed by atoms with Crippen LogP contribution in [0.3, 0.4) is 0 Å². The molecule has 0 N–H and O–H groups in total. The summed E-state index contributed by atoms with van der Waals surface area (Å²) in [6, 6.07) is 0. The highest BCUT2D eigenvalue weighted by Crippen LogP contribution is 2.64. The van der Waals surface area contributed by atoms with Gasteiger partial charge < -0.3 is 4.74 Å². The van der Waals surface area contributed by atoms with Gasteiger partial charge >= 0.3 is 5.97 Å². The van der Waals surface area contributed by atoms with Crippen molar-refractivity contribution in [1.82, 2.24) is 0 Å². The van der Waals surface area contributed by atoms with E-state index in [1.807, 2.05) is 0 Å². The number of carbonyl (C=O) groups excluding carboxylic acids is 1. The largest absolute Gasteiger partial charge is 0.462 e. The molecule has 128 valence electrons. The number of fused-ring (bicyclic) bond motifs is 5. The van der Waals surface area contributed by atoms with Gasteiger partial charge in [-0.2, -0.15) is 0 Å².